The normalized spacial score (nSPS) is 10.3. The minimum absolute atomic E-state index is 0.0662. The first-order valence-electron chi connectivity index (χ1n) is 5.36. The summed E-state index contributed by atoms with van der Waals surface area (Å²) in [6.45, 7) is 0.143. The molecule has 0 aliphatic heterocycles. The zero-order chi connectivity index (χ0) is 13.0. The van der Waals surface area contributed by atoms with Crippen molar-refractivity contribution < 1.29 is 14.6 Å². The first kappa shape index (κ1) is 12.2. The zero-order valence-electron chi connectivity index (χ0n) is 9.83. The van der Waals surface area contributed by atoms with Crippen LogP contribution in [0.2, 0.25) is 0 Å². The molecule has 0 spiro atoms. The maximum atomic E-state index is 11.0. The van der Waals surface area contributed by atoms with E-state index in [0.717, 1.165) is 5.56 Å². The van der Waals surface area contributed by atoms with Crippen LogP contribution < -0.4 is 0 Å². The lowest BCUT2D eigenvalue weighted by Crippen LogP contribution is -2.08. The van der Waals surface area contributed by atoms with Crippen LogP contribution in [0, 0.1) is 0 Å². The number of hydrogen-bond donors (Lipinski definition) is 1. The highest BCUT2D eigenvalue weighted by Crippen LogP contribution is 2.16. The Balaban J connectivity index is 2.46. The lowest BCUT2D eigenvalue weighted by Gasteiger charge is -2.06. The number of ether oxygens (including phenoxy) is 1. The number of nitrogens with zero attached hydrogens (tertiary/aromatic N) is 2. The Morgan fingerprint density at radius 2 is 2.06 bits per heavy atom. The summed E-state index contributed by atoms with van der Waals surface area (Å²) in [5.74, 6) is -0.561. The Morgan fingerprint density at radius 1 is 1.33 bits per heavy atom. The van der Waals surface area contributed by atoms with Crippen LogP contribution in [-0.4, -0.2) is 28.2 Å². The van der Waals surface area contributed by atoms with Gasteiger partial charge in [-0.25, -0.2) is 14.8 Å². The van der Waals surface area contributed by atoms with Gasteiger partial charge in [-0.2, -0.15) is 0 Å². The predicted molar refractivity (Wildman–Crippen MR) is 65.1 cm³/mol. The molecule has 2 rings (SSSR count). The van der Waals surface area contributed by atoms with Gasteiger partial charge in [-0.1, -0.05) is 30.3 Å². The molecule has 2 aromatic rings. The van der Waals surface area contributed by atoms with Gasteiger partial charge in [0.15, 0.2) is 5.82 Å². The molecule has 1 heterocycles. The maximum Gasteiger partial charge on any atom is 0.339 e. The second kappa shape index (κ2) is 5.37. The van der Waals surface area contributed by atoms with Gasteiger partial charge < -0.3 is 9.84 Å². The van der Waals surface area contributed by atoms with Crippen molar-refractivity contribution >= 4 is 5.97 Å². The van der Waals surface area contributed by atoms with Crippen molar-refractivity contribution in [3.63, 3.8) is 0 Å². The van der Waals surface area contributed by atoms with Gasteiger partial charge in [0.1, 0.15) is 5.56 Å². The summed E-state index contributed by atoms with van der Waals surface area (Å²) in [6, 6.07) is 9.38. The lowest BCUT2D eigenvalue weighted by molar-refractivity contribution is 0.0690. The molecule has 1 aromatic heterocycles. The number of aromatic nitrogens is 2. The smallest absolute Gasteiger partial charge is 0.339 e. The van der Waals surface area contributed by atoms with Crippen LogP contribution in [0.1, 0.15) is 16.1 Å². The summed E-state index contributed by atoms with van der Waals surface area (Å²) < 4.78 is 4.96. The van der Waals surface area contributed by atoms with E-state index in [2.05, 4.69) is 9.97 Å². The van der Waals surface area contributed by atoms with E-state index in [0.29, 0.717) is 11.5 Å². The number of carbonyl (C=O) groups is 1. The number of carboxylic acids is 1. The summed E-state index contributed by atoms with van der Waals surface area (Å²) >= 11 is 0. The van der Waals surface area contributed by atoms with E-state index < -0.39 is 5.97 Å². The largest absolute Gasteiger partial charge is 0.478 e. The molecule has 0 fully saturated rings. The van der Waals surface area contributed by atoms with Gasteiger partial charge >= 0.3 is 5.97 Å². The molecule has 0 radical (unpaired) electrons. The molecule has 92 valence electrons. The third-order valence-corrected chi connectivity index (χ3v) is 2.41. The second-order valence-electron chi connectivity index (χ2n) is 3.66. The molecule has 0 aliphatic rings. The monoisotopic (exact) mass is 244 g/mol. The molecule has 5 heteroatoms. The topological polar surface area (TPSA) is 72.3 Å². The Hall–Kier alpha value is -2.27. The number of methoxy groups -OCH3 is 1. The van der Waals surface area contributed by atoms with Crippen molar-refractivity contribution in [2.45, 2.75) is 6.61 Å². The van der Waals surface area contributed by atoms with Crippen molar-refractivity contribution in [3.8, 4) is 11.4 Å². The Morgan fingerprint density at radius 3 is 2.67 bits per heavy atom. The average molecular weight is 244 g/mol. The molecule has 0 bridgehead atoms. The summed E-state index contributed by atoms with van der Waals surface area (Å²) in [6.07, 6.45) is 1.31. The molecule has 0 saturated heterocycles. The van der Waals surface area contributed by atoms with Gasteiger partial charge in [-0.3, -0.25) is 0 Å². The molecule has 1 N–H and O–H groups in total. The van der Waals surface area contributed by atoms with Gasteiger partial charge in [0, 0.05) is 18.9 Å². The highest BCUT2D eigenvalue weighted by Gasteiger charge is 2.13. The molecule has 0 aliphatic carbocycles. The Bertz CT molecular complexity index is 555. The predicted octanol–water partition coefficient (Wildman–Crippen LogP) is 1.99. The molecule has 0 unspecified atom stereocenters. The fourth-order valence-electron chi connectivity index (χ4n) is 1.57. The van der Waals surface area contributed by atoms with Gasteiger partial charge in [-0.05, 0) is 0 Å². The molecule has 0 amide bonds. The fourth-order valence-corrected chi connectivity index (χ4v) is 1.57. The molecular weight excluding hydrogens is 232 g/mol. The summed E-state index contributed by atoms with van der Waals surface area (Å²) in [5, 5.41) is 9.02. The van der Waals surface area contributed by atoms with Crippen molar-refractivity contribution in [1.82, 2.24) is 9.97 Å². The minimum Gasteiger partial charge on any atom is -0.478 e. The Kier molecular flexibility index (Phi) is 3.64. The van der Waals surface area contributed by atoms with Crippen LogP contribution in [0.4, 0.5) is 0 Å². The van der Waals surface area contributed by atoms with Crippen molar-refractivity contribution in [2.24, 2.45) is 0 Å². The quantitative estimate of drug-likeness (QED) is 0.890. The number of hydrogen-bond acceptors (Lipinski definition) is 4. The SMILES string of the molecule is COCc1nc(-c2ccccc2)ncc1C(=O)O. The minimum atomic E-state index is -1.05. The van der Waals surface area contributed by atoms with Crippen molar-refractivity contribution in [1.29, 1.82) is 0 Å². The van der Waals surface area contributed by atoms with Gasteiger partial charge in [-0.15, -0.1) is 0 Å². The molecule has 0 saturated carbocycles. The number of aromatic carboxylic acids is 1. The second-order valence-corrected chi connectivity index (χ2v) is 3.66. The first-order valence-corrected chi connectivity index (χ1v) is 5.36. The number of carboxylic acid groups (broad SMARTS) is 1. The van der Waals surface area contributed by atoms with E-state index in [1.54, 1.807) is 0 Å². The summed E-state index contributed by atoms with van der Waals surface area (Å²) in [5.41, 5.74) is 1.28. The molecule has 18 heavy (non-hydrogen) atoms. The molecular formula is C13H12N2O3. The lowest BCUT2D eigenvalue weighted by atomic mass is 10.2. The standard InChI is InChI=1S/C13H12N2O3/c1-18-8-11-10(13(16)17)7-14-12(15-11)9-5-3-2-4-6-9/h2-7H,8H2,1H3,(H,16,17). The average Bonchev–Trinajstić information content (AvgIpc) is 2.40. The van der Waals surface area contributed by atoms with Crippen LogP contribution in [-0.2, 0) is 11.3 Å². The highest BCUT2D eigenvalue weighted by atomic mass is 16.5. The van der Waals surface area contributed by atoms with E-state index in [9.17, 15) is 4.79 Å². The summed E-state index contributed by atoms with van der Waals surface area (Å²) in [7, 11) is 1.50. The Labute approximate surface area is 104 Å². The number of benzene rings is 1. The molecule has 5 nitrogen and oxygen atoms in total. The van der Waals surface area contributed by atoms with E-state index in [1.807, 2.05) is 30.3 Å². The van der Waals surface area contributed by atoms with Gasteiger partial charge in [0.25, 0.3) is 0 Å². The summed E-state index contributed by atoms with van der Waals surface area (Å²) in [4.78, 5) is 19.3. The van der Waals surface area contributed by atoms with E-state index in [4.69, 9.17) is 9.84 Å². The van der Waals surface area contributed by atoms with Crippen molar-refractivity contribution in [3.05, 3.63) is 47.8 Å². The maximum absolute atomic E-state index is 11.0. The van der Waals surface area contributed by atoms with Crippen LogP contribution in [0.3, 0.4) is 0 Å². The molecule has 0 atom stereocenters. The van der Waals surface area contributed by atoms with Crippen LogP contribution in [0.25, 0.3) is 11.4 Å². The van der Waals surface area contributed by atoms with E-state index in [-0.39, 0.29) is 12.2 Å². The molecule has 1 aromatic carbocycles. The third kappa shape index (κ3) is 2.52. The van der Waals surface area contributed by atoms with Crippen LogP contribution >= 0.6 is 0 Å². The van der Waals surface area contributed by atoms with Crippen LogP contribution in [0.15, 0.2) is 36.5 Å². The number of rotatable bonds is 4. The highest BCUT2D eigenvalue weighted by molar-refractivity contribution is 5.88. The zero-order valence-corrected chi connectivity index (χ0v) is 9.83. The fraction of sp³-hybridized carbons (Fsp3) is 0.154. The van der Waals surface area contributed by atoms with E-state index in [1.165, 1.54) is 13.3 Å². The first-order chi connectivity index (χ1) is 8.72. The van der Waals surface area contributed by atoms with Gasteiger partial charge in [0.05, 0.1) is 12.3 Å². The van der Waals surface area contributed by atoms with Gasteiger partial charge in [0.2, 0.25) is 0 Å². The van der Waals surface area contributed by atoms with E-state index >= 15 is 0 Å². The van der Waals surface area contributed by atoms with Crippen LogP contribution in [0.5, 0.6) is 0 Å². The third-order valence-electron chi connectivity index (χ3n) is 2.41. The van der Waals surface area contributed by atoms with Crippen molar-refractivity contribution in [2.75, 3.05) is 7.11 Å².